The number of nitrogens with one attached hydrogen (secondary N) is 1. The smallest absolute Gasteiger partial charge is 0.173 e. The Bertz CT molecular complexity index is 328. The van der Waals surface area contributed by atoms with Gasteiger partial charge in [-0.3, -0.25) is 0 Å². The van der Waals surface area contributed by atoms with Gasteiger partial charge in [0, 0.05) is 13.6 Å². The Labute approximate surface area is 88.7 Å². The Morgan fingerprint density at radius 3 is 2.64 bits per heavy atom. The van der Waals surface area contributed by atoms with Gasteiger partial charge in [-0.15, -0.1) is 0 Å². The zero-order valence-corrected chi connectivity index (χ0v) is 9.07. The van der Waals surface area contributed by atoms with Gasteiger partial charge in [-0.05, 0) is 31.3 Å². The van der Waals surface area contributed by atoms with E-state index in [0.717, 1.165) is 0 Å². The molecule has 0 aromatic heterocycles. The van der Waals surface area contributed by atoms with Crippen molar-refractivity contribution in [3.05, 3.63) is 30.1 Å². The third kappa shape index (κ3) is 2.20. The minimum absolute atomic E-state index is 0.257. The Balaban J connectivity index is 3.01. The van der Waals surface area contributed by atoms with Gasteiger partial charge in [-0.1, -0.05) is 12.1 Å². The maximum absolute atomic E-state index is 13.4. The summed E-state index contributed by atoms with van der Waals surface area (Å²) in [6.07, 6.45) is 0. The predicted molar refractivity (Wildman–Crippen MR) is 61.1 cm³/mol. The van der Waals surface area contributed by atoms with E-state index in [2.05, 4.69) is 5.32 Å². The van der Waals surface area contributed by atoms with Crippen LogP contribution in [0.2, 0.25) is 0 Å². The zero-order valence-electron chi connectivity index (χ0n) is 8.25. The summed E-state index contributed by atoms with van der Waals surface area (Å²) in [7, 11) is 1.73. The molecule has 0 bridgehead atoms. The predicted octanol–water partition coefficient (Wildman–Crippen LogP) is 2.16. The maximum atomic E-state index is 13.4. The number of para-hydroxylation sites is 1. The number of hydrogen-bond acceptors (Lipinski definition) is 1. The molecule has 0 fully saturated rings. The number of thiocarbonyl (C=S) groups is 1. The fourth-order valence-electron chi connectivity index (χ4n) is 1.23. The Kier molecular flexibility index (Phi) is 3.83. The van der Waals surface area contributed by atoms with Crippen LogP contribution in [0.3, 0.4) is 0 Å². The van der Waals surface area contributed by atoms with Crippen molar-refractivity contribution >= 4 is 23.0 Å². The second kappa shape index (κ2) is 4.91. The number of rotatable bonds is 2. The molecule has 4 heteroatoms. The molecule has 1 N–H and O–H groups in total. The van der Waals surface area contributed by atoms with Gasteiger partial charge in [0.05, 0.1) is 5.69 Å². The molecule has 0 amide bonds. The summed E-state index contributed by atoms with van der Waals surface area (Å²) in [5.41, 5.74) is 0.509. The number of hydrogen-bond donors (Lipinski definition) is 1. The monoisotopic (exact) mass is 212 g/mol. The van der Waals surface area contributed by atoms with E-state index in [-0.39, 0.29) is 5.82 Å². The second-order valence-corrected chi connectivity index (χ2v) is 3.14. The lowest BCUT2D eigenvalue weighted by atomic mass is 10.3. The first-order chi connectivity index (χ1) is 6.70. The van der Waals surface area contributed by atoms with Crippen LogP contribution in [-0.2, 0) is 0 Å². The first kappa shape index (κ1) is 10.9. The average molecular weight is 212 g/mol. The van der Waals surface area contributed by atoms with Gasteiger partial charge in [0.1, 0.15) is 5.82 Å². The molecule has 0 aliphatic heterocycles. The highest BCUT2D eigenvalue weighted by molar-refractivity contribution is 7.80. The van der Waals surface area contributed by atoms with Crippen LogP contribution in [0.15, 0.2) is 24.3 Å². The molecule has 0 unspecified atom stereocenters. The van der Waals surface area contributed by atoms with Crippen LogP contribution in [-0.4, -0.2) is 18.7 Å². The van der Waals surface area contributed by atoms with Crippen LogP contribution in [0.5, 0.6) is 0 Å². The third-order valence-corrected chi connectivity index (χ3v) is 2.34. The van der Waals surface area contributed by atoms with Crippen LogP contribution in [0.1, 0.15) is 6.92 Å². The van der Waals surface area contributed by atoms with Gasteiger partial charge in [-0.2, -0.15) is 0 Å². The van der Waals surface area contributed by atoms with E-state index in [4.69, 9.17) is 12.2 Å². The highest BCUT2D eigenvalue weighted by Crippen LogP contribution is 2.18. The van der Waals surface area contributed by atoms with Crippen molar-refractivity contribution in [1.82, 2.24) is 5.32 Å². The number of halogens is 1. The lowest BCUT2D eigenvalue weighted by Crippen LogP contribution is -2.38. The molecular weight excluding hydrogens is 199 g/mol. The third-order valence-electron chi connectivity index (χ3n) is 1.92. The van der Waals surface area contributed by atoms with E-state index in [9.17, 15) is 4.39 Å². The first-order valence-corrected chi connectivity index (χ1v) is 4.85. The van der Waals surface area contributed by atoms with Crippen molar-refractivity contribution in [3.8, 4) is 0 Å². The van der Waals surface area contributed by atoms with E-state index >= 15 is 0 Å². The second-order valence-electron chi connectivity index (χ2n) is 2.75. The standard InChI is InChI=1S/C10H13FN2S/c1-3-13(10(14)12-2)9-7-5-4-6-8(9)11/h4-7H,3H2,1-2H3,(H,12,14). The molecular formula is C10H13FN2S. The Morgan fingerprint density at radius 2 is 2.14 bits per heavy atom. The van der Waals surface area contributed by atoms with Gasteiger partial charge in [-0.25, -0.2) is 4.39 Å². The summed E-state index contributed by atoms with van der Waals surface area (Å²) in [6, 6.07) is 6.59. The van der Waals surface area contributed by atoms with E-state index in [0.29, 0.717) is 17.3 Å². The van der Waals surface area contributed by atoms with Gasteiger partial charge >= 0.3 is 0 Å². The van der Waals surface area contributed by atoms with Crippen LogP contribution in [0, 0.1) is 5.82 Å². The summed E-state index contributed by atoms with van der Waals surface area (Å²) in [5.74, 6) is -0.257. The van der Waals surface area contributed by atoms with E-state index in [1.165, 1.54) is 6.07 Å². The van der Waals surface area contributed by atoms with Gasteiger partial charge in [0.2, 0.25) is 0 Å². The molecule has 14 heavy (non-hydrogen) atoms. The summed E-state index contributed by atoms with van der Waals surface area (Å²) in [6.45, 7) is 2.57. The summed E-state index contributed by atoms with van der Waals surface area (Å²) in [4.78, 5) is 1.71. The van der Waals surface area contributed by atoms with E-state index in [1.807, 2.05) is 6.92 Å². The molecule has 0 atom stereocenters. The average Bonchev–Trinajstić information content (AvgIpc) is 2.21. The largest absolute Gasteiger partial charge is 0.365 e. The van der Waals surface area contributed by atoms with Crippen molar-refractivity contribution in [2.75, 3.05) is 18.5 Å². The highest BCUT2D eigenvalue weighted by atomic mass is 32.1. The molecule has 1 aromatic carbocycles. The number of nitrogens with zero attached hydrogens (tertiary/aromatic N) is 1. The van der Waals surface area contributed by atoms with Gasteiger partial charge in [0.25, 0.3) is 0 Å². The molecule has 2 nitrogen and oxygen atoms in total. The fourth-order valence-corrected chi connectivity index (χ4v) is 1.46. The molecule has 0 saturated carbocycles. The van der Waals surface area contributed by atoms with Crippen LogP contribution in [0.4, 0.5) is 10.1 Å². The molecule has 1 rings (SSSR count). The minimum Gasteiger partial charge on any atom is -0.365 e. The van der Waals surface area contributed by atoms with E-state index in [1.54, 1.807) is 30.1 Å². The Morgan fingerprint density at radius 1 is 1.50 bits per heavy atom. The zero-order chi connectivity index (χ0) is 10.6. The minimum atomic E-state index is -0.257. The van der Waals surface area contributed by atoms with Crippen molar-refractivity contribution in [2.45, 2.75) is 6.92 Å². The molecule has 1 aromatic rings. The summed E-state index contributed by atoms with van der Waals surface area (Å²) < 4.78 is 13.4. The molecule has 0 saturated heterocycles. The van der Waals surface area contributed by atoms with Gasteiger partial charge < -0.3 is 10.2 Å². The molecule has 0 aliphatic carbocycles. The quantitative estimate of drug-likeness (QED) is 0.756. The SMILES string of the molecule is CCN(C(=S)NC)c1ccccc1F. The highest BCUT2D eigenvalue weighted by Gasteiger charge is 2.11. The molecule has 0 heterocycles. The fraction of sp³-hybridized carbons (Fsp3) is 0.300. The van der Waals surface area contributed by atoms with Gasteiger partial charge in [0.15, 0.2) is 5.11 Å². The lowest BCUT2D eigenvalue weighted by molar-refractivity contribution is 0.626. The molecule has 76 valence electrons. The first-order valence-electron chi connectivity index (χ1n) is 4.44. The number of benzene rings is 1. The van der Waals surface area contributed by atoms with Crippen LogP contribution < -0.4 is 10.2 Å². The Hall–Kier alpha value is -1.16. The normalized spacial score (nSPS) is 9.64. The maximum Gasteiger partial charge on any atom is 0.173 e. The van der Waals surface area contributed by atoms with Crippen molar-refractivity contribution in [2.24, 2.45) is 0 Å². The summed E-state index contributed by atoms with van der Waals surface area (Å²) in [5, 5.41) is 3.36. The van der Waals surface area contributed by atoms with Crippen molar-refractivity contribution in [1.29, 1.82) is 0 Å². The lowest BCUT2D eigenvalue weighted by Gasteiger charge is -2.23. The van der Waals surface area contributed by atoms with Crippen LogP contribution in [0.25, 0.3) is 0 Å². The summed E-state index contributed by atoms with van der Waals surface area (Å²) >= 11 is 5.07. The topological polar surface area (TPSA) is 15.3 Å². The van der Waals surface area contributed by atoms with Crippen molar-refractivity contribution in [3.63, 3.8) is 0 Å². The molecule has 0 spiro atoms. The van der Waals surface area contributed by atoms with E-state index < -0.39 is 0 Å². The van der Waals surface area contributed by atoms with Crippen LogP contribution >= 0.6 is 12.2 Å². The van der Waals surface area contributed by atoms with Crippen molar-refractivity contribution < 1.29 is 4.39 Å². The molecule has 0 radical (unpaired) electrons. The molecule has 0 aliphatic rings. The number of anilines is 1.